The highest BCUT2D eigenvalue weighted by atomic mass is 32.9. The third-order valence-electron chi connectivity index (χ3n) is 2.68. The van der Waals surface area contributed by atoms with Crippen molar-refractivity contribution in [1.82, 2.24) is 4.90 Å². The molecule has 1 aliphatic rings. The van der Waals surface area contributed by atoms with E-state index in [9.17, 15) is 0 Å². The van der Waals surface area contributed by atoms with E-state index in [-0.39, 0.29) is 0 Å². The van der Waals surface area contributed by atoms with Gasteiger partial charge in [0.25, 0.3) is 0 Å². The number of hydrogen-bond donors (Lipinski definition) is 1. The highest BCUT2D eigenvalue weighted by Crippen LogP contribution is 2.61. The van der Waals surface area contributed by atoms with E-state index in [1.54, 1.807) is 0 Å². The van der Waals surface area contributed by atoms with Gasteiger partial charge in [0.1, 0.15) is 5.47 Å². The van der Waals surface area contributed by atoms with Gasteiger partial charge in [0.15, 0.2) is 0 Å². The monoisotopic (exact) mass is 277 g/mol. The minimum absolute atomic E-state index is 0.680. The summed E-state index contributed by atoms with van der Waals surface area (Å²) in [6.45, 7) is 8.04. The molecule has 1 rings (SSSR count). The summed E-state index contributed by atoms with van der Waals surface area (Å²) in [5, 5.41) is 1.17. The molecule has 0 heterocycles. The van der Waals surface area contributed by atoms with Crippen molar-refractivity contribution >= 4 is 29.5 Å². The molecule has 0 bridgehead atoms. The van der Waals surface area contributed by atoms with E-state index < -0.39 is 5.47 Å². The number of rotatable bonds is 7. The van der Waals surface area contributed by atoms with Crippen LogP contribution in [-0.2, 0) is 16.3 Å². The van der Waals surface area contributed by atoms with Gasteiger partial charge in [-0.15, -0.1) is 12.2 Å². The number of allylic oxidation sites excluding steroid dienone is 4. The Morgan fingerprint density at radius 3 is 2.69 bits per heavy atom. The second-order valence-corrected chi connectivity index (χ2v) is 9.59. The lowest BCUT2D eigenvalue weighted by Gasteiger charge is -2.22. The average molecular weight is 277 g/mol. The van der Waals surface area contributed by atoms with Crippen molar-refractivity contribution < 1.29 is 4.52 Å². The second-order valence-electron chi connectivity index (χ2n) is 3.67. The van der Waals surface area contributed by atoms with Crippen LogP contribution < -0.4 is 0 Å². The molecule has 0 aromatic heterocycles. The topological polar surface area (TPSA) is 12.5 Å². The van der Waals surface area contributed by atoms with E-state index in [2.05, 4.69) is 37.1 Å². The first-order chi connectivity index (χ1) is 7.60. The molecule has 1 aliphatic carbocycles. The Morgan fingerprint density at radius 2 is 2.19 bits per heavy atom. The van der Waals surface area contributed by atoms with Crippen LogP contribution in [0.5, 0.6) is 0 Å². The molecule has 0 saturated carbocycles. The fourth-order valence-corrected chi connectivity index (χ4v) is 3.99. The van der Waals surface area contributed by atoms with Gasteiger partial charge in [-0.2, -0.15) is 0 Å². The highest BCUT2D eigenvalue weighted by Gasteiger charge is 2.19. The molecule has 0 radical (unpaired) electrons. The Bertz CT molecular complexity index is 324. The van der Waals surface area contributed by atoms with Gasteiger partial charge in [-0.05, 0) is 19.5 Å². The number of likely N-dealkylation sites (N-methyl/N-ethyl adjacent to an activating group) is 1. The lowest BCUT2D eigenvalue weighted by molar-refractivity contribution is 0.238. The fraction of sp³-hybridized carbons (Fsp3) is 0.636. The minimum atomic E-state index is -2.02. The van der Waals surface area contributed by atoms with Crippen LogP contribution in [0.4, 0.5) is 0 Å². The van der Waals surface area contributed by atoms with Crippen LogP contribution in [0.1, 0.15) is 20.3 Å². The lowest BCUT2D eigenvalue weighted by atomic mass is 10.5. The fourth-order valence-electron chi connectivity index (χ4n) is 1.56. The summed E-state index contributed by atoms with van der Waals surface area (Å²) in [7, 11) is 0. The molecule has 92 valence electrons. The van der Waals surface area contributed by atoms with Crippen LogP contribution in [0.15, 0.2) is 23.5 Å². The standard InChI is InChI=1S/C11H20NOPS2/c1-3-12(4-2)9-10-13-14(15,16)11-7-5-6-8-11/h5-7H,3-4,8-10H2,1-2H3,(H,15,16). The summed E-state index contributed by atoms with van der Waals surface area (Å²) >= 11 is 9.97. The molecule has 2 nitrogen and oxygen atoms in total. The molecule has 0 aromatic rings. The predicted octanol–water partition coefficient (Wildman–Crippen LogP) is 3.43. The molecule has 0 N–H and O–H groups in total. The van der Waals surface area contributed by atoms with Crippen molar-refractivity contribution in [3.8, 4) is 0 Å². The smallest absolute Gasteiger partial charge is 0.142 e. The van der Waals surface area contributed by atoms with Crippen LogP contribution in [0, 0.1) is 0 Å². The van der Waals surface area contributed by atoms with Crippen LogP contribution >= 0.6 is 17.7 Å². The second kappa shape index (κ2) is 6.97. The van der Waals surface area contributed by atoms with Crippen molar-refractivity contribution in [3.63, 3.8) is 0 Å². The van der Waals surface area contributed by atoms with Crippen LogP contribution in [0.25, 0.3) is 0 Å². The maximum absolute atomic E-state index is 5.79. The highest BCUT2D eigenvalue weighted by molar-refractivity contribution is 8.63. The maximum Gasteiger partial charge on any atom is 0.142 e. The Hall–Kier alpha value is 0.400. The van der Waals surface area contributed by atoms with Gasteiger partial charge in [0, 0.05) is 11.9 Å². The van der Waals surface area contributed by atoms with Crippen molar-refractivity contribution in [2.75, 3.05) is 26.2 Å². The Balaban J connectivity index is 2.34. The molecule has 1 atom stereocenters. The molecule has 5 heteroatoms. The van der Waals surface area contributed by atoms with E-state index in [4.69, 9.17) is 16.3 Å². The van der Waals surface area contributed by atoms with Crippen LogP contribution in [-0.4, -0.2) is 31.1 Å². The summed E-state index contributed by atoms with van der Waals surface area (Å²) in [5.74, 6) is 0. The SMILES string of the molecule is CCN(CC)CCOP(=S)(S)C1=CC=CC1. The normalized spacial score (nSPS) is 18.9. The average Bonchev–Trinajstić information content (AvgIpc) is 2.78. The molecular formula is C11H20NOPS2. The van der Waals surface area contributed by atoms with E-state index >= 15 is 0 Å². The van der Waals surface area contributed by atoms with Gasteiger partial charge >= 0.3 is 0 Å². The number of hydrogen-bond acceptors (Lipinski definition) is 3. The number of thiol groups is 1. The van der Waals surface area contributed by atoms with Crippen molar-refractivity contribution in [3.05, 3.63) is 23.5 Å². The molecular weight excluding hydrogens is 257 g/mol. The largest absolute Gasteiger partial charge is 0.337 e. The van der Waals surface area contributed by atoms with Gasteiger partial charge in [-0.1, -0.05) is 43.9 Å². The van der Waals surface area contributed by atoms with Crippen molar-refractivity contribution in [1.29, 1.82) is 0 Å². The molecule has 0 saturated heterocycles. The third-order valence-corrected chi connectivity index (χ3v) is 6.41. The Labute approximate surface area is 109 Å². The first-order valence-corrected chi connectivity index (χ1v) is 9.53. The molecule has 0 spiro atoms. The Kier molecular flexibility index (Phi) is 6.30. The summed E-state index contributed by atoms with van der Waals surface area (Å²) in [6.07, 6.45) is 7.08. The van der Waals surface area contributed by atoms with Crippen molar-refractivity contribution in [2.24, 2.45) is 0 Å². The lowest BCUT2D eigenvalue weighted by Crippen LogP contribution is -2.26. The zero-order valence-electron chi connectivity index (χ0n) is 9.93. The van der Waals surface area contributed by atoms with Crippen molar-refractivity contribution in [2.45, 2.75) is 20.3 Å². The molecule has 1 unspecified atom stereocenters. The van der Waals surface area contributed by atoms with Gasteiger partial charge < -0.3 is 9.42 Å². The first kappa shape index (κ1) is 14.5. The summed E-state index contributed by atoms with van der Waals surface area (Å²) in [5.41, 5.74) is -2.02. The molecule has 0 aromatic carbocycles. The molecule has 0 aliphatic heterocycles. The van der Waals surface area contributed by atoms with E-state index in [1.807, 2.05) is 12.2 Å². The Morgan fingerprint density at radius 1 is 1.50 bits per heavy atom. The minimum Gasteiger partial charge on any atom is -0.337 e. The molecule has 0 amide bonds. The van der Waals surface area contributed by atoms with E-state index in [0.29, 0.717) is 6.61 Å². The predicted molar refractivity (Wildman–Crippen MR) is 78.9 cm³/mol. The number of nitrogens with zero attached hydrogens (tertiary/aromatic N) is 1. The van der Waals surface area contributed by atoms with E-state index in [0.717, 1.165) is 26.1 Å². The summed E-state index contributed by atoms with van der Waals surface area (Å²) in [6, 6.07) is 0. The molecule has 0 fully saturated rings. The quantitative estimate of drug-likeness (QED) is 0.566. The zero-order chi connectivity index (χ0) is 12.0. The first-order valence-electron chi connectivity index (χ1n) is 5.66. The van der Waals surface area contributed by atoms with Crippen LogP contribution in [0.2, 0.25) is 0 Å². The van der Waals surface area contributed by atoms with Gasteiger partial charge in [-0.25, -0.2) is 0 Å². The maximum atomic E-state index is 5.79. The van der Waals surface area contributed by atoms with Gasteiger partial charge in [0.2, 0.25) is 0 Å². The van der Waals surface area contributed by atoms with Gasteiger partial charge in [0.05, 0.1) is 6.61 Å². The molecule has 16 heavy (non-hydrogen) atoms. The third kappa shape index (κ3) is 4.34. The summed E-state index contributed by atoms with van der Waals surface area (Å²) in [4.78, 5) is 2.32. The summed E-state index contributed by atoms with van der Waals surface area (Å²) < 4.78 is 5.79. The zero-order valence-corrected chi connectivity index (χ0v) is 12.5. The van der Waals surface area contributed by atoms with Crippen LogP contribution in [0.3, 0.4) is 0 Å². The van der Waals surface area contributed by atoms with E-state index in [1.165, 1.54) is 5.31 Å². The van der Waals surface area contributed by atoms with Gasteiger partial charge in [-0.3, -0.25) is 0 Å².